The summed E-state index contributed by atoms with van der Waals surface area (Å²) in [6.45, 7) is 1.12. The van der Waals surface area contributed by atoms with Crippen molar-refractivity contribution in [2.75, 3.05) is 7.11 Å². The van der Waals surface area contributed by atoms with E-state index < -0.39 is 0 Å². The molecule has 2 atom stereocenters. The van der Waals surface area contributed by atoms with Crippen LogP contribution in [0.25, 0.3) is 0 Å². The summed E-state index contributed by atoms with van der Waals surface area (Å²) in [6, 6.07) is 8.21. The molecule has 4 heteroatoms. The van der Waals surface area contributed by atoms with Crippen LogP contribution < -0.4 is 11.1 Å². The number of ether oxygens (including phenoxy) is 1. The van der Waals surface area contributed by atoms with Crippen molar-refractivity contribution >= 4 is 5.91 Å². The molecule has 0 heterocycles. The molecule has 3 N–H and O–H groups in total. The van der Waals surface area contributed by atoms with Gasteiger partial charge in [0.25, 0.3) is 0 Å². The maximum Gasteiger partial charge on any atom is 0.220 e. The maximum atomic E-state index is 12.1. The number of methoxy groups -OCH3 is 1. The molecule has 0 aromatic heterocycles. The van der Waals surface area contributed by atoms with Gasteiger partial charge in [-0.2, -0.15) is 0 Å². The Morgan fingerprint density at radius 2 is 2.00 bits per heavy atom. The van der Waals surface area contributed by atoms with Crippen LogP contribution in [0.2, 0.25) is 0 Å². The van der Waals surface area contributed by atoms with Crippen molar-refractivity contribution in [3.8, 4) is 0 Å². The Morgan fingerprint density at radius 1 is 1.29 bits per heavy atom. The number of rotatable bonds is 6. The van der Waals surface area contributed by atoms with Gasteiger partial charge in [0.15, 0.2) is 0 Å². The maximum absolute atomic E-state index is 12.1. The quantitative estimate of drug-likeness (QED) is 0.845. The molecular weight excluding hydrogens is 264 g/mol. The minimum Gasteiger partial charge on any atom is -0.380 e. The highest BCUT2D eigenvalue weighted by molar-refractivity contribution is 5.76. The van der Waals surface area contributed by atoms with Gasteiger partial charge < -0.3 is 15.8 Å². The minimum absolute atomic E-state index is 0.101. The smallest absolute Gasteiger partial charge is 0.220 e. The lowest BCUT2D eigenvalue weighted by atomic mass is 9.83. The monoisotopic (exact) mass is 290 g/mol. The van der Waals surface area contributed by atoms with Gasteiger partial charge in [-0.05, 0) is 29.9 Å². The average molecular weight is 290 g/mol. The second kappa shape index (κ2) is 8.15. The molecule has 0 bridgehead atoms. The molecule has 116 valence electrons. The molecule has 0 spiro atoms. The first-order valence-corrected chi connectivity index (χ1v) is 7.78. The van der Waals surface area contributed by atoms with E-state index in [9.17, 15) is 4.79 Å². The number of nitrogens with one attached hydrogen (secondary N) is 1. The SMILES string of the molecule is COCc1ccccc1CNC(=O)CC1CCCCC1N. The molecule has 1 saturated carbocycles. The molecule has 0 saturated heterocycles. The zero-order chi connectivity index (χ0) is 15.1. The third-order valence-electron chi connectivity index (χ3n) is 4.31. The Morgan fingerprint density at radius 3 is 2.71 bits per heavy atom. The van der Waals surface area contributed by atoms with E-state index in [0.29, 0.717) is 25.5 Å². The number of benzene rings is 1. The van der Waals surface area contributed by atoms with Gasteiger partial charge >= 0.3 is 0 Å². The van der Waals surface area contributed by atoms with Crippen molar-refractivity contribution in [1.29, 1.82) is 0 Å². The Kier molecular flexibility index (Phi) is 6.21. The zero-order valence-electron chi connectivity index (χ0n) is 12.8. The first-order chi connectivity index (χ1) is 10.2. The van der Waals surface area contributed by atoms with E-state index in [2.05, 4.69) is 5.32 Å². The summed E-state index contributed by atoms with van der Waals surface area (Å²) in [4.78, 5) is 12.1. The van der Waals surface area contributed by atoms with Crippen molar-refractivity contribution in [3.05, 3.63) is 35.4 Å². The molecule has 21 heavy (non-hydrogen) atoms. The molecule has 1 fully saturated rings. The molecule has 4 nitrogen and oxygen atoms in total. The largest absolute Gasteiger partial charge is 0.380 e. The summed E-state index contributed by atoms with van der Waals surface area (Å²) < 4.78 is 5.18. The topological polar surface area (TPSA) is 64.3 Å². The molecule has 2 rings (SSSR count). The molecule has 1 amide bonds. The van der Waals surface area contributed by atoms with Crippen LogP contribution in [0.15, 0.2) is 24.3 Å². The lowest BCUT2D eigenvalue weighted by Gasteiger charge is -2.28. The summed E-state index contributed by atoms with van der Waals surface area (Å²) in [5, 5.41) is 3.02. The van der Waals surface area contributed by atoms with Crippen molar-refractivity contribution in [2.45, 2.75) is 51.3 Å². The van der Waals surface area contributed by atoms with Gasteiger partial charge in [-0.1, -0.05) is 37.1 Å². The van der Waals surface area contributed by atoms with Crippen LogP contribution in [0.3, 0.4) is 0 Å². The first-order valence-electron chi connectivity index (χ1n) is 7.78. The van der Waals surface area contributed by atoms with Gasteiger partial charge in [-0.25, -0.2) is 0 Å². The van der Waals surface area contributed by atoms with Crippen LogP contribution in [0, 0.1) is 5.92 Å². The van der Waals surface area contributed by atoms with Crippen molar-refractivity contribution in [2.24, 2.45) is 11.7 Å². The third-order valence-corrected chi connectivity index (χ3v) is 4.31. The average Bonchev–Trinajstić information content (AvgIpc) is 2.49. The molecule has 1 aliphatic rings. The Labute approximate surface area is 127 Å². The molecule has 1 aliphatic carbocycles. The number of carbonyl (C=O) groups is 1. The molecule has 1 aromatic carbocycles. The Bertz CT molecular complexity index is 462. The summed E-state index contributed by atoms with van der Waals surface area (Å²) in [5.74, 6) is 0.442. The predicted molar refractivity (Wildman–Crippen MR) is 83.6 cm³/mol. The fourth-order valence-corrected chi connectivity index (χ4v) is 3.02. The van der Waals surface area contributed by atoms with Crippen LogP contribution in [-0.2, 0) is 22.7 Å². The van der Waals surface area contributed by atoms with E-state index >= 15 is 0 Å². The van der Waals surface area contributed by atoms with E-state index in [0.717, 1.165) is 24.0 Å². The molecule has 1 aromatic rings. The van der Waals surface area contributed by atoms with Gasteiger partial charge in [0.1, 0.15) is 0 Å². The van der Waals surface area contributed by atoms with Gasteiger partial charge in [0.05, 0.1) is 6.61 Å². The van der Waals surface area contributed by atoms with Crippen LogP contribution in [0.4, 0.5) is 0 Å². The van der Waals surface area contributed by atoms with E-state index in [1.165, 1.54) is 12.8 Å². The lowest BCUT2D eigenvalue weighted by molar-refractivity contribution is -0.122. The molecular formula is C17H26N2O2. The highest BCUT2D eigenvalue weighted by Gasteiger charge is 2.23. The second-order valence-electron chi connectivity index (χ2n) is 5.89. The summed E-state index contributed by atoms with van der Waals surface area (Å²) in [5.41, 5.74) is 8.33. The van der Waals surface area contributed by atoms with Gasteiger partial charge in [0.2, 0.25) is 5.91 Å². The van der Waals surface area contributed by atoms with E-state index in [1.807, 2.05) is 24.3 Å². The lowest BCUT2D eigenvalue weighted by Crippen LogP contribution is -2.37. The van der Waals surface area contributed by atoms with Crippen molar-refractivity contribution in [1.82, 2.24) is 5.32 Å². The van der Waals surface area contributed by atoms with Crippen LogP contribution in [-0.4, -0.2) is 19.1 Å². The highest BCUT2D eigenvalue weighted by atomic mass is 16.5. The van der Waals surface area contributed by atoms with E-state index in [1.54, 1.807) is 7.11 Å². The Hall–Kier alpha value is -1.39. The van der Waals surface area contributed by atoms with Crippen molar-refractivity contribution in [3.63, 3.8) is 0 Å². The van der Waals surface area contributed by atoms with Gasteiger partial charge in [-0.15, -0.1) is 0 Å². The van der Waals surface area contributed by atoms with E-state index in [4.69, 9.17) is 10.5 Å². The van der Waals surface area contributed by atoms with Crippen molar-refractivity contribution < 1.29 is 9.53 Å². The minimum atomic E-state index is 0.101. The number of amides is 1. The number of hydrogen-bond acceptors (Lipinski definition) is 3. The molecule has 0 aliphatic heterocycles. The summed E-state index contributed by atoms with van der Waals surface area (Å²) in [6.07, 6.45) is 5.07. The fraction of sp³-hybridized carbons (Fsp3) is 0.588. The normalized spacial score (nSPS) is 22.0. The number of carbonyl (C=O) groups excluding carboxylic acids is 1. The summed E-state index contributed by atoms with van der Waals surface area (Å²) >= 11 is 0. The number of hydrogen-bond donors (Lipinski definition) is 2. The van der Waals surface area contributed by atoms with Crippen LogP contribution in [0.5, 0.6) is 0 Å². The fourth-order valence-electron chi connectivity index (χ4n) is 3.02. The highest BCUT2D eigenvalue weighted by Crippen LogP contribution is 2.25. The predicted octanol–water partition coefficient (Wildman–Crippen LogP) is 2.36. The Balaban J connectivity index is 1.83. The van der Waals surface area contributed by atoms with E-state index in [-0.39, 0.29) is 11.9 Å². The third kappa shape index (κ3) is 4.83. The van der Waals surface area contributed by atoms with Crippen LogP contribution in [0.1, 0.15) is 43.2 Å². The molecule has 0 radical (unpaired) electrons. The van der Waals surface area contributed by atoms with Gasteiger partial charge in [-0.3, -0.25) is 4.79 Å². The standard InChI is InChI=1S/C17H26N2O2/c1-21-12-15-8-3-2-7-14(15)11-19-17(20)10-13-6-4-5-9-16(13)18/h2-3,7-8,13,16H,4-6,9-12,18H2,1H3,(H,19,20). The van der Waals surface area contributed by atoms with Gasteiger partial charge in [0, 0.05) is 26.1 Å². The first kappa shape index (κ1) is 16.0. The van der Waals surface area contributed by atoms with Crippen LogP contribution >= 0.6 is 0 Å². The zero-order valence-corrected chi connectivity index (χ0v) is 12.8. The molecule has 2 unspecified atom stereocenters. The number of nitrogens with two attached hydrogens (primary N) is 1. The summed E-state index contributed by atoms with van der Waals surface area (Å²) in [7, 11) is 1.68. The second-order valence-corrected chi connectivity index (χ2v) is 5.89.